The van der Waals surface area contributed by atoms with Gasteiger partial charge in [-0.05, 0) is 55.3 Å². The van der Waals surface area contributed by atoms with E-state index in [-0.39, 0.29) is 0 Å². The highest BCUT2D eigenvalue weighted by Gasteiger charge is 2.34. The zero-order chi connectivity index (χ0) is 22.9. The molecule has 3 aromatic rings. The van der Waals surface area contributed by atoms with Crippen molar-refractivity contribution in [2.24, 2.45) is 0 Å². The molecule has 1 N–H and O–H groups in total. The first-order valence-electron chi connectivity index (χ1n) is 11.5. The Bertz CT molecular complexity index is 980. The van der Waals surface area contributed by atoms with Gasteiger partial charge in [-0.15, -0.1) is 0 Å². The quantitative estimate of drug-likeness (QED) is 0.448. The molecule has 7 nitrogen and oxygen atoms in total. The number of aryl methyl sites for hydroxylation is 1. The molecule has 176 valence electrons. The van der Waals surface area contributed by atoms with E-state index in [0.29, 0.717) is 19.8 Å². The predicted molar refractivity (Wildman–Crippen MR) is 127 cm³/mol. The third kappa shape index (κ3) is 6.73. The van der Waals surface area contributed by atoms with Crippen molar-refractivity contribution >= 4 is 0 Å². The second kappa shape index (κ2) is 11.2. The van der Waals surface area contributed by atoms with Crippen LogP contribution in [0.3, 0.4) is 0 Å². The highest BCUT2D eigenvalue weighted by atomic mass is 16.5. The van der Waals surface area contributed by atoms with E-state index >= 15 is 0 Å². The van der Waals surface area contributed by atoms with E-state index in [4.69, 9.17) is 14.2 Å². The molecule has 1 aliphatic heterocycles. The minimum atomic E-state index is -0.851. The van der Waals surface area contributed by atoms with Crippen molar-refractivity contribution in [3.8, 4) is 17.2 Å². The van der Waals surface area contributed by atoms with Crippen LogP contribution in [0.1, 0.15) is 24.8 Å². The topological polar surface area (TPSA) is 69.0 Å². The fourth-order valence-electron chi connectivity index (χ4n) is 4.22. The van der Waals surface area contributed by atoms with Crippen molar-refractivity contribution < 1.29 is 19.3 Å². The predicted octanol–water partition coefficient (Wildman–Crippen LogP) is 3.77. The molecule has 0 bridgehead atoms. The van der Waals surface area contributed by atoms with Gasteiger partial charge in [0.25, 0.3) is 0 Å². The van der Waals surface area contributed by atoms with Crippen LogP contribution in [0.2, 0.25) is 0 Å². The monoisotopic (exact) mass is 451 g/mol. The van der Waals surface area contributed by atoms with Gasteiger partial charge in [0.1, 0.15) is 18.0 Å². The summed E-state index contributed by atoms with van der Waals surface area (Å²) >= 11 is 0. The molecular formula is C26H33N3O4. The SMILES string of the molecule is COc1cc(CN2CCC[C@@](O)(COc3ccccc3)C2)ccc1OCCCn1cccn1. The maximum absolute atomic E-state index is 11.1. The molecule has 7 heteroatoms. The van der Waals surface area contributed by atoms with Crippen molar-refractivity contribution in [2.45, 2.75) is 38.0 Å². The van der Waals surface area contributed by atoms with Gasteiger partial charge in [0.2, 0.25) is 0 Å². The van der Waals surface area contributed by atoms with Crippen LogP contribution in [0.5, 0.6) is 17.2 Å². The Morgan fingerprint density at radius 1 is 1.06 bits per heavy atom. The Labute approximate surface area is 195 Å². The van der Waals surface area contributed by atoms with Crippen LogP contribution in [0, 0.1) is 0 Å². The number of hydrogen-bond acceptors (Lipinski definition) is 6. The summed E-state index contributed by atoms with van der Waals surface area (Å²) in [6.45, 7) is 3.97. The second-order valence-electron chi connectivity index (χ2n) is 8.60. The fourth-order valence-corrected chi connectivity index (χ4v) is 4.22. The minimum Gasteiger partial charge on any atom is -0.493 e. The zero-order valence-electron chi connectivity index (χ0n) is 19.2. The van der Waals surface area contributed by atoms with E-state index < -0.39 is 5.60 Å². The van der Waals surface area contributed by atoms with Gasteiger partial charge >= 0.3 is 0 Å². The lowest BCUT2D eigenvalue weighted by atomic mass is 9.93. The van der Waals surface area contributed by atoms with Gasteiger partial charge in [0.05, 0.1) is 13.7 Å². The van der Waals surface area contributed by atoms with Crippen molar-refractivity contribution in [2.75, 3.05) is 33.4 Å². The van der Waals surface area contributed by atoms with Crippen LogP contribution >= 0.6 is 0 Å². The average Bonchev–Trinajstić information content (AvgIpc) is 3.36. The molecule has 1 saturated heterocycles. The van der Waals surface area contributed by atoms with Gasteiger partial charge in [0.15, 0.2) is 11.5 Å². The van der Waals surface area contributed by atoms with Crippen molar-refractivity contribution in [3.63, 3.8) is 0 Å². The van der Waals surface area contributed by atoms with E-state index in [1.165, 1.54) is 0 Å². The second-order valence-corrected chi connectivity index (χ2v) is 8.60. The highest BCUT2D eigenvalue weighted by Crippen LogP contribution is 2.30. The first-order chi connectivity index (χ1) is 16.1. The Morgan fingerprint density at radius 3 is 2.73 bits per heavy atom. The smallest absolute Gasteiger partial charge is 0.161 e. The van der Waals surface area contributed by atoms with E-state index in [9.17, 15) is 5.11 Å². The molecule has 0 unspecified atom stereocenters. The molecule has 0 spiro atoms. The number of methoxy groups -OCH3 is 1. The van der Waals surface area contributed by atoms with Gasteiger partial charge in [-0.25, -0.2) is 0 Å². The third-order valence-corrected chi connectivity index (χ3v) is 5.87. The van der Waals surface area contributed by atoms with Gasteiger partial charge in [-0.1, -0.05) is 24.3 Å². The van der Waals surface area contributed by atoms with Gasteiger partial charge in [-0.2, -0.15) is 5.10 Å². The number of aliphatic hydroxyl groups is 1. The highest BCUT2D eigenvalue weighted by molar-refractivity contribution is 5.43. The third-order valence-electron chi connectivity index (χ3n) is 5.87. The van der Waals surface area contributed by atoms with Gasteiger partial charge in [-0.3, -0.25) is 9.58 Å². The number of nitrogens with zero attached hydrogens (tertiary/aromatic N) is 3. The summed E-state index contributed by atoms with van der Waals surface area (Å²) in [6, 6.07) is 17.6. The number of piperidine rings is 1. The van der Waals surface area contributed by atoms with Crippen LogP contribution in [0.15, 0.2) is 67.0 Å². The number of hydrogen-bond donors (Lipinski definition) is 1. The van der Waals surface area contributed by atoms with E-state index in [1.54, 1.807) is 13.3 Å². The van der Waals surface area contributed by atoms with Crippen molar-refractivity contribution in [1.29, 1.82) is 0 Å². The molecular weight excluding hydrogens is 418 g/mol. The molecule has 1 aliphatic rings. The van der Waals surface area contributed by atoms with Crippen LogP contribution in [0.25, 0.3) is 0 Å². The molecule has 1 fully saturated rings. The number of benzene rings is 2. The summed E-state index contributed by atoms with van der Waals surface area (Å²) in [7, 11) is 1.66. The summed E-state index contributed by atoms with van der Waals surface area (Å²) in [5.41, 5.74) is 0.277. The molecule has 2 aromatic carbocycles. The summed E-state index contributed by atoms with van der Waals surface area (Å²) in [5, 5.41) is 15.3. The zero-order valence-corrected chi connectivity index (χ0v) is 19.2. The first-order valence-corrected chi connectivity index (χ1v) is 11.5. The molecule has 2 heterocycles. The molecule has 0 saturated carbocycles. The molecule has 0 amide bonds. The summed E-state index contributed by atoms with van der Waals surface area (Å²) in [6.07, 6.45) is 6.27. The average molecular weight is 452 g/mol. The van der Waals surface area contributed by atoms with Crippen LogP contribution < -0.4 is 14.2 Å². The molecule has 4 rings (SSSR count). The number of rotatable bonds is 11. The Balaban J connectivity index is 1.29. The molecule has 33 heavy (non-hydrogen) atoms. The Kier molecular flexibility index (Phi) is 7.86. The van der Waals surface area contributed by atoms with Crippen LogP contribution in [-0.2, 0) is 13.1 Å². The number of para-hydroxylation sites is 1. The minimum absolute atomic E-state index is 0.294. The van der Waals surface area contributed by atoms with E-state index in [2.05, 4.69) is 16.1 Å². The maximum atomic E-state index is 11.1. The summed E-state index contributed by atoms with van der Waals surface area (Å²) < 4.78 is 19.3. The number of ether oxygens (including phenoxy) is 3. The molecule has 0 aliphatic carbocycles. The summed E-state index contributed by atoms with van der Waals surface area (Å²) in [5.74, 6) is 2.26. The van der Waals surface area contributed by atoms with Crippen molar-refractivity contribution in [3.05, 3.63) is 72.6 Å². The maximum Gasteiger partial charge on any atom is 0.161 e. The standard InChI is InChI=1S/C26H33N3O4/c1-31-25-18-22(10-11-24(25)32-17-7-16-29-15-6-13-27-29)19-28-14-5-12-26(30,20-28)21-33-23-8-3-2-4-9-23/h2-4,6,8-11,13,15,18,30H,5,7,12,14,16-17,19-21H2,1H3/t26-/m0/s1. The lowest BCUT2D eigenvalue weighted by molar-refractivity contribution is -0.0621. The van der Waals surface area contributed by atoms with Gasteiger partial charge in [0, 0.05) is 38.4 Å². The number of likely N-dealkylation sites (tertiary alicyclic amines) is 1. The molecule has 1 aromatic heterocycles. The van der Waals surface area contributed by atoms with Crippen LogP contribution in [0.4, 0.5) is 0 Å². The van der Waals surface area contributed by atoms with Crippen LogP contribution in [-0.4, -0.2) is 58.8 Å². The number of β-amino-alcohol motifs (C(OH)–C–C–N with tert-alkyl or cyclic N) is 1. The van der Waals surface area contributed by atoms with E-state index in [0.717, 1.165) is 61.7 Å². The van der Waals surface area contributed by atoms with E-state index in [1.807, 2.05) is 59.4 Å². The number of aromatic nitrogens is 2. The summed E-state index contributed by atoms with van der Waals surface area (Å²) in [4.78, 5) is 2.28. The van der Waals surface area contributed by atoms with Gasteiger partial charge < -0.3 is 19.3 Å². The van der Waals surface area contributed by atoms with Crippen molar-refractivity contribution in [1.82, 2.24) is 14.7 Å². The lowest BCUT2D eigenvalue weighted by Crippen LogP contribution is -2.51. The normalized spacial score (nSPS) is 18.7. The Hall–Kier alpha value is -3.03. The fraction of sp³-hybridized carbons (Fsp3) is 0.423. The molecule has 1 atom stereocenters. The lowest BCUT2D eigenvalue weighted by Gasteiger charge is -2.39. The molecule has 0 radical (unpaired) electrons. The Morgan fingerprint density at radius 2 is 1.94 bits per heavy atom. The largest absolute Gasteiger partial charge is 0.493 e. The first kappa shape index (κ1) is 23.1.